The maximum Gasteiger partial charge on any atom is 0.335 e. The van der Waals surface area contributed by atoms with Crippen molar-refractivity contribution in [1.29, 1.82) is 0 Å². The zero-order valence-corrected chi connectivity index (χ0v) is 11.2. The standard InChI is InChI=1S/C11H16Cl2O3/c1-4-16-9(15)11(13)7(10(2,3)12)5-6-8(11)14/h7H,4-6H2,1-3H3/t7-,11+/m0/s1. The molecule has 0 amide bonds. The van der Waals surface area contributed by atoms with Gasteiger partial charge in [-0.3, -0.25) is 4.79 Å². The predicted octanol–water partition coefficient (Wildman–Crippen LogP) is 2.52. The van der Waals surface area contributed by atoms with Crippen LogP contribution < -0.4 is 0 Å². The van der Waals surface area contributed by atoms with Crippen LogP contribution in [0.4, 0.5) is 0 Å². The number of Topliss-reactive ketones (excluding diaryl/α,β-unsaturated/α-hetero) is 1. The number of esters is 1. The molecule has 0 aromatic rings. The molecule has 2 atom stereocenters. The quantitative estimate of drug-likeness (QED) is 0.448. The van der Waals surface area contributed by atoms with Crippen LogP contribution in [0.1, 0.15) is 33.6 Å². The van der Waals surface area contributed by atoms with Crippen molar-refractivity contribution in [3.63, 3.8) is 0 Å². The summed E-state index contributed by atoms with van der Waals surface area (Å²) < 4.78 is 4.87. The maximum atomic E-state index is 11.8. The van der Waals surface area contributed by atoms with Gasteiger partial charge in [-0.05, 0) is 27.2 Å². The summed E-state index contributed by atoms with van der Waals surface area (Å²) in [6, 6.07) is 0. The molecule has 16 heavy (non-hydrogen) atoms. The highest BCUT2D eigenvalue weighted by Gasteiger charge is 2.59. The molecule has 1 aliphatic carbocycles. The van der Waals surface area contributed by atoms with Gasteiger partial charge in [0.25, 0.3) is 0 Å². The number of carbonyl (C=O) groups excluding carboxylic acids is 2. The molecule has 0 unspecified atom stereocenters. The van der Waals surface area contributed by atoms with Crippen molar-refractivity contribution >= 4 is 35.0 Å². The van der Waals surface area contributed by atoms with Gasteiger partial charge in [0, 0.05) is 17.2 Å². The molecule has 0 saturated heterocycles. The van der Waals surface area contributed by atoms with Gasteiger partial charge >= 0.3 is 5.97 Å². The van der Waals surface area contributed by atoms with Crippen LogP contribution in [0.2, 0.25) is 0 Å². The minimum absolute atomic E-state index is 0.204. The van der Waals surface area contributed by atoms with Crippen LogP contribution in [0.5, 0.6) is 0 Å². The molecular weight excluding hydrogens is 251 g/mol. The zero-order chi connectivity index (χ0) is 12.6. The smallest absolute Gasteiger partial charge is 0.335 e. The van der Waals surface area contributed by atoms with Crippen molar-refractivity contribution in [3.05, 3.63) is 0 Å². The fourth-order valence-electron chi connectivity index (χ4n) is 2.16. The minimum atomic E-state index is -1.60. The first-order chi connectivity index (χ1) is 7.24. The van der Waals surface area contributed by atoms with E-state index in [4.69, 9.17) is 27.9 Å². The molecule has 92 valence electrons. The molecular formula is C11H16Cl2O3. The van der Waals surface area contributed by atoms with Crippen molar-refractivity contribution in [2.24, 2.45) is 5.92 Å². The summed E-state index contributed by atoms with van der Waals surface area (Å²) in [7, 11) is 0. The topological polar surface area (TPSA) is 43.4 Å². The average molecular weight is 267 g/mol. The Labute approximate surface area is 105 Å². The number of hydrogen-bond donors (Lipinski definition) is 0. The fraction of sp³-hybridized carbons (Fsp3) is 0.818. The Morgan fingerprint density at radius 1 is 1.62 bits per heavy atom. The number of halogens is 2. The van der Waals surface area contributed by atoms with Crippen LogP contribution in [0.15, 0.2) is 0 Å². The second-order valence-corrected chi connectivity index (χ2v) is 6.08. The molecule has 0 bridgehead atoms. The van der Waals surface area contributed by atoms with E-state index in [-0.39, 0.29) is 18.8 Å². The van der Waals surface area contributed by atoms with Crippen LogP contribution in [0.25, 0.3) is 0 Å². The summed E-state index contributed by atoms with van der Waals surface area (Å²) in [5, 5.41) is 0. The van der Waals surface area contributed by atoms with E-state index in [2.05, 4.69) is 0 Å². The van der Waals surface area contributed by atoms with Crippen LogP contribution in [0.3, 0.4) is 0 Å². The van der Waals surface area contributed by atoms with Gasteiger partial charge in [-0.1, -0.05) is 11.6 Å². The molecule has 0 N–H and O–H groups in total. The van der Waals surface area contributed by atoms with Gasteiger partial charge in [0.2, 0.25) is 4.87 Å². The SMILES string of the molecule is CCOC(=O)[C@]1(Cl)C(=O)CC[C@H]1C(C)(C)Cl. The molecule has 5 heteroatoms. The van der Waals surface area contributed by atoms with Crippen molar-refractivity contribution in [2.45, 2.75) is 43.4 Å². The van der Waals surface area contributed by atoms with Crippen molar-refractivity contribution in [1.82, 2.24) is 0 Å². The van der Waals surface area contributed by atoms with Gasteiger partial charge in [-0.2, -0.15) is 0 Å². The highest BCUT2D eigenvalue weighted by atomic mass is 35.5. The lowest BCUT2D eigenvalue weighted by atomic mass is 9.84. The number of ether oxygens (including phenoxy) is 1. The summed E-state index contributed by atoms with van der Waals surface area (Å²) in [5.41, 5.74) is 0. The Morgan fingerprint density at radius 2 is 2.19 bits per heavy atom. The third-order valence-electron chi connectivity index (χ3n) is 2.95. The summed E-state index contributed by atoms with van der Waals surface area (Å²) in [4.78, 5) is 21.3. The van der Waals surface area contributed by atoms with E-state index < -0.39 is 21.6 Å². The molecule has 0 aliphatic heterocycles. The third-order valence-corrected chi connectivity index (χ3v) is 3.84. The van der Waals surface area contributed by atoms with Gasteiger partial charge < -0.3 is 4.74 Å². The molecule has 0 aromatic heterocycles. The Hall–Kier alpha value is -0.280. The summed E-state index contributed by atoms with van der Waals surface area (Å²) in [5.74, 6) is -1.35. The van der Waals surface area contributed by atoms with E-state index in [0.717, 1.165) is 0 Å². The third kappa shape index (κ3) is 2.21. The van der Waals surface area contributed by atoms with Crippen molar-refractivity contribution in [2.75, 3.05) is 6.61 Å². The summed E-state index contributed by atoms with van der Waals surface area (Å²) >= 11 is 12.4. The molecule has 1 rings (SSSR count). The second kappa shape index (κ2) is 4.53. The lowest BCUT2D eigenvalue weighted by Gasteiger charge is -2.33. The van der Waals surface area contributed by atoms with Crippen LogP contribution in [0, 0.1) is 5.92 Å². The number of alkyl halides is 2. The fourth-order valence-corrected chi connectivity index (χ4v) is 3.02. The molecule has 0 spiro atoms. The zero-order valence-electron chi connectivity index (χ0n) is 9.68. The number of rotatable bonds is 3. The first-order valence-electron chi connectivity index (χ1n) is 5.33. The molecule has 3 nitrogen and oxygen atoms in total. The normalized spacial score (nSPS) is 30.6. The number of ketones is 1. The first kappa shape index (κ1) is 13.8. The average Bonchev–Trinajstić information content (AvgIpc) is 2.44. The number of carbonyl (C=O) groups is 2. The lowest BCUT2D eigenvalue weighted by molar-refractivity contribution is -0.150. The highest BCUT2D eigenvalue weighted by Crippen LogP contribution is 2.47. The maximum absolute atomic E-state index is 11.8. The van der Waals surface area contributed by atoms with Crippen molar-refractivity contribution < 1.29 is 14.3 Å². The first-order valence-corrected chi connectivity index (χ1v) is 6.08. The lowest BCUT2D eigenvalue weighted by Crippen LogP contribution is -2.49. The predicted molar refractivity (Wildman–Crippen MR) is 62.9 cm³/mol. The van der Waals surface area contributed by atoms with Gasteiger partial charge in [-0.15, -0.1) is 11.6 Å². The second-order valence-electron chi connectivity index (χ2n) is 4.51. The van der Waals surface area contributed by atoms with E-state index in [1.54, 1.807) is 20.8 Å². The minimum Gasteiger partial charge on any atom is -0.464 e. The largest absolute Gasteiger partial charge is 0.464 e. The van der Waals surface area contributed by atoms with Gasteiger partial charge in [-0.25, -0.2) is 4.79 Å². The summed E-state index contributed by atoms with van der Waals surface area (Å²) in [6.45, 7) is 5.40. The molecule has 0 heterocycles. The molecule has 0 aromatic carbocycles. The molecule has 0 radical (unpaired) electrons. The Bertz CT molecular complexity index is 309. The van der Waals surface area contributed by atoms with Crippen molar-refractivity contribution in [3.8, 4) is 0 Å². The van der Waals surface area contributed by atoms with E-state index in [1.165, 1.54) is 0 Å². The molecule has 1 aliphatic rings. The molecule has 1 saturated carbocycles. The van der Waals surface area contributed by atoms with Gasteiger partial charge in [0.15, 0.2) is 5.78 Å². The number of hydrogen-bond acceptors (Lipinski definition) is 3. The van der Waals surface area contributed by atoms with E-state index >= 15 is 0 Å². The van der Waals surface area contributed by atoms with E-state index in [0.29, 0.717) is 6.42 Å². The van der Waals surface area contributed by atoms with Crippen LogP contribution in [-0.4, -0.2) is 28.1 Å². The monoisotopic (exact) mass is 266 g/mol. The van der Waals surface area contributed by atoms with Gasteiger partial charge in [0.05, 0.1) is 6.61 Å². The molecule has 1 fully saturated rings. The van der Waals surface area contributed by atoms with E-state index in [9.17, 15) is 9.59 Å². The Balaban J connectivity index is 3.05. The van der Waals surface area contributed by atoms with Crippen LogP contribution >= 0.6 is 23.2 Å². The summed E-state index contributed by atoms with van der Waals surface area (Å²) in [6.07, 6.45) is 0.806. The van der Waals surface area contributed by atoms with Crippen LogP contribution in [-0.2, 0) is 14.3 Å². The highest BCUT2D eigenvalue weighted by molar-refractivity contribution is 6.47. The van der Waals surface area contributed by atoms with E-state index in [1.807, 2.05) is 0 Å². The Kier molecular flexibility index (Phi) is 3.91. The Morgan fingerprint density at radius 3 is 2.62 bits per heavy atom. The van der Waals surface area contributed by atoms with Gasteiger partial charge in [0.1, 0.15) is 0 Å².